The molecule has 0 aliphatic rings. The highest BCUT2D eigenvalue weighted by Gasteiger charge is 2.15. The molecule has 4 nitrogen and oxygen atoms in total. The molecule has 0 atom stereocenters. The highest BCUT2D eigenvalue weighted by atomic mass is 35.5. The molecule has 7 heteroatoms. The number of carbonyl (C=O) groups excluding carboxylic acids is 1. The monoisotopic (exact) mass is 337 g/mol. The van der Waals surface area contributed by atoms with Gasteiger partial charge in [-0.05, 0) is 29.6 Å². The molecule has 0 radical (unpaired) electrons. The Morgan fingerprint density at radius 3 is 3.00 bits per heavy atom. The summed E-state index contributed by atoms with van der Waals surface area (Å²) in [6, 6.07) is 7.51. The van der Waals surface area contributed by atoms with Gasteiger partial charge in [-0.15, -0.1) is 11.3 Å². The fourth-order valence-electron chi connectivity index (χ4n) is 1.76. The number of rotatable bonds is 4. The van der Waals surface area contributed by atoms with Gasteiger partial charge in [-0.25, -0.2) is 14.2 Å². The lowest BCUT2D eigenvalue weighted by Crippen LogP contribution is -2.07. The molecule has 0 aliphatic carbocycles. The summed E-state index contributed by atoms with van der Waals surface area (Å²) < 4.78 is 23.9. The minimum absolute atomic E-state index is 0.101. The van der Waals surface area contributed by atoms with E-state index in [-0.39, 0.29) is 17.2 Å². The first-order valence-electron chi connectivity index (χ1n) is 6.24. The quantitative estimate of drug-likeness (QED) is 0.655. The lowest BCUT2D eigenvalue weighted by atomic mass is 10.2. The second-order valence-electron chi connectivity index (χ2n) is 4.32. The van der Waals surface area contributed by atoms with Crippen LogP contribution in [0.5, 0.6) is 0 Å². The molecule has 0 saturated heterocycles. The summed E-state index contributed by atoms with van der Waals surface area (Å²) in [5.41, 5.74) is 0.275. The van der Waals surface area contributed by atoms with Gasteiger partial charge in [-0.2, -0.15) is 0 Å². The fraction of sp³-hybridized carbons (Fsp3) is 0.0667. The zero-order valence-corrected chi connectivity index (χ0v) is 12.7. The van der Waals surface area contributed by atoms with Crippen molar-refractivity contribution >= 4 is 28.9 Å². The van der Waals surface area contributed by atoms with Crippen molar-refractivity contribution in [3.63, 3.8) is 0 Å². The Bertz CT molecular complexity index is 801. The van der Waals surface area contributed by atoms with E-state index in [4.69, 9.17) is 20.8 Å². The summed E-state index contributed by atoms with van der Waals surface area (Å²) in [6.07, 6.45) is 1.40. The molecule has 0 amide bonds. The number of thiophene rings is 1. The largest absolute Gasteiger partial charge is 0.455 e. The van der Waals surface area contributed by atoms with Crippen molar-refractivity contribution in [3.8, 4) is 10.8 Å². The van der Waals surface area contributed by atoms with Crippen LogP contribution in [0.15, 0.2) is 46.4 Å². The molecule has 0 fully saturated rings. The van der Waals surface area contributed by atoms with E-state index in [2.05, 4.69) is 4.98 Å². The molecule has 0 spiro atoms. The third kappa shape index (κ3) is 3.18. The van der Waals surface area contributed by atoms with Gasteiger partial charge in [0, 0.05) is 5.02 Å². The van der Waals surface area contributed by atoms with Crippen LogP contribution in [0.4, 0.5) is 4.39 Å². The van der Waals surface area contributed by atoms with Crippen molar-refractivity contribution in [2.45, 2.75) is 6.61 Å². The average Bonchev–Trinajstić information content (AvgIpc) is 3.16. The number of nitrogens with zero attached hydrogens (tertiary/aromatic N) is 1. The van der Waals surface area contributed by atoms with Crippen molar-refractivity contribution in [1.29, 1.82) is 0 Å². The number of oxazole rings is 1. The van der Waals surface area contributed by atoms with E-state index in [9.17, 15) is 9.18 Å². The van der Waals surface area contributed by atoms with Crippen LogP contribution in [0.2, 0.25) is 5.02 Å². The lowest BCUT2D eigenvalue weighted by Gasteiger charge is -2.03. The number of esters is 1. The first-order chi connectivity index (χ1) is 10.6. The Hall–Kier alpha value is -2.18. The molecule has 3 rings (SSSR count). The summed E-state index contributed by atoms with van der Waals surface area (Å²) in [7, 11) is 0. The Kier molecular flexibility index (Phi) is 4.22. The predicted molar refractivity (Wildman–Crippen MR) is 80.3 cm³/mol. The SMILES string of the molecule is O=C(OCc1coc(-c2cccs2)n1)c1ccc(Cl)cc1F. The minimum atomic E-state index is -0.783. The zero-order chi connectivity index (χ0) is 15.5. The first kappa shape index (κ1) is 14.7. The van der Waals surface area contributed by atoms with Gasteiger partial charge in [0.05, 0.1) is 10.4 Å². The number of hydrogen-bond donors (Lipinski definition) is 0. The van der Waals surface area contributed by atoms with Crippen LogP contribution in [-0.2, 0) is 11.3 Å². The molecule has 112 valence electrons. The van der Waals surface area contributed by atoms with Gasteiger partial charge < -0.3 is 9.15 Å². The minimum Gasteiger partial charge on any atom is -0.455 e. The number of carbonyl (C=O) groups is 1. The van der Waals surface area contributed by atoms with Gasteiger partial charge in [0.1, 0.15) is 24.4 Å². The zero-order valence-electron chi connectivity index (χ0n) is 11.1. The number of ether oxygens (including phenoxy) is 1. The molecule has 0 bridgehead atoms. The summed E-state index contributed by atoms with van der Waals surface area (Å²) in [5.74, 6) is -1.05. The predicted octanol–water partition coefficient (Wildman–Crippen LogP) is 4.55. The molecule has 22 heavy (non-hydrogen) atoms. The highest BCUT2D eigenvalue weighted by molar-refractivity contribution is 7.13. The molecular formula is C15H9ClFNO3S. The molecule has 1 aromatic carbocycles. The second kappa shape index (κ2) is 6.29. The summed E-state index contributed by atoms with van der Waals surface area (Å²) in [6.45, 7) is -0.101. The first-order valence-corrected chi connectivity index (χ1v) is 7.49. The Morgan fingerprint density at radius 1 is 1.41 bits per heavy atom. The summed E-state index contributed by atoms with van der Waals surface area (Å²) >= 11 is 7.12. The molecule has 0 saturated carbocycles. The van der Waals surface area contributed by atoms with E-state index in [1.807, 2.05) is 17.5 Å². The van der Waals surface area contributed by atoms with Crippen LogP contribution in [-0.4, -0.2) is 11.0 Å². The number of aromatic nitrogens is 1. The van der Waals surface area contributed by atoms with E-state index in [0.717, 1.165) is 10.9 Å². The van der Waals surface area contributed by atoms with Gasteiger partial charge in [-0.3, -0.25) is 0 Å². The maximum Gasteiger partial charge on any atom is 0.341 e. The Morgan fingerprint density at radius 2 is 2.27 bits per heavy atom. The second-order valence-corrected chi connectivity index (χ2v) is 5.71. The third-order valence-electron chi connectivity index (χ3n) is 2.79. The molecule has 2 aromatic heterocycles. The number of halogens is 2. The van der Waals surface area contributed by atoms with Gasteiger partial charge in [-0.1, -0.05) is 17.7 Å². The normalized spacial score (nSPS) is 10.6. The van der Waals surface area contributed by atoms with Crippen LogP contribution in [0.25, 0.3) is 10.8 Å². The molecule has 0 unspecified atom stereocenters. The van der Waals surface area contributed by atoms with E-state index >= 15 is 0 Å². The standard InChI is InChI=1S/C15H9ClFNO3S/c16-9-3-4-11(12(17)6-9)15(19)21-8-10-7-20-14(18-10)13-2-1-5-22-13/h1-7H,8H2. The molecule has 0 N–H and O–H groups in total. The lowest BCUT2D eigenvalue weighted by molar-refractivity contribution is 0.0462. The van der Waals surface area contributed by atoms with Crippen LogP contribution in [0, 0.1) is 5.82 Å². The van der Waals surface area contributed by atoms with Crippen LogP contribution < -0.4 is 0 Å². The van der Waals surface area contributed by atoms with Gasteiger partial charge >= 0.3 is 5.97 Å². The van der Waals surface area contributed by atoms with E-state index in [1.54, 1.807) is 0 Å². The van der Waals surface area contributed by atoms with Crippen molar-refractivity contribution in [2.24, 2.45) is 0 Å². The summed E-state index contributed by atoms with van der Waals surface area (Å²) in [5, 5.41) is 2.12. The van der Waals surface area contributed by atoms with Crippen molar-refractivity contribution in [2.75, 3.05) is 0 Å². The number of benzene rings is 1. The van der Waals surface area contributed by atoms with E-state index < -0.39 is 11.8 Å². The number of hydrogen-bond acceptors (Lipinski definition) is 5. The third-order valence-corrected chi connectivity index (χ3v) is 3.88. The smallest absolute Gasteiger partial charge is 0.341 e. The van der Waals surface area contributed by atoms with Crippen LogP contribution in [0.3, 0.4) is 0 Å². The van der Waals surface area contributed by atoms with Crippen molar-refractivity contribution < 1.29 is 18.3 Å². The van der Waals surface area contributed by atoms with Gasteiger partial charge in [0.15, 0.2) is 0 Å². The molecule has 2 heterocycles. The molecule has 3 aromatic rings. The Balaban J connectivity index is 1.66. The Labute approximate surface area is 134 Å². The van der Waals surface area contributed by atoms with Crippen LogP contribution >= 0.6 is 22.9 Å². The maximum atomic E-state index is 13.6. The summed E-state index contributed by atoms with van der Waals surface area (Å²) in [4.78, 5) is 16.9. The van der Waals surface area contributed by atoms with E-state index in [0.29, 0.717) is 11.6 Å². The molecular weight excluding hydrogens is 329 g/mol. The molecule has 0 aliphatic heterocycles. The fourth-order valence-corrected chi connectivity index (χ4v) is 2.57. The highest BCUT2D eigenvalue weighted by Crippen LogP contribution is 2.24. The van der Waals surface area contributed by atoms with Crippen molar-refractivity contribution in [3.05, 3.63) is 64.1 Å². The van der Waals surface area contributed by atoms with Gasteiger partial charge in [0.25, 0.3) is 0 Å². The topological polar surface area (TPSA) is 52.3 Å². The maximum absolute atomic E-state index is 13.6. The van der Waals surface area contributed by atoms with Crippen molar-refractivity contribution in [1.82, 2.24) is 4.98 Å². The van der Waals surface area contributed by atoms with Gasteiger partial charge in [0.2, 0.25) is 5.89 Å². The van der Waals surface area contributed by atoms with Crippen LogP contribution in [0.1, 0.15) is 16.1 Å². The van der Waals surface area contributed by atoms with E-state index in [1.165, 1.54) is 29.7 Å². The average molecular weight is 338 g/mol.